The van der Waals surface area contributed by atoms with Gasteiger partial charge in [-0.3, -0.25) is 4.79 Å². The van der Waals surface area contributed by atoms with Gasteiger partial charge in [0.15, 0.2) is 0 Å². The summed E-state index contributed by atoms with van der Waals surface area (Å²) in [6.07, 6.45) is 1.51. The van der Waals surface area contributed by atoms with Crippen LogP contribution in [0, 0.1) is 12.1 Å². The molecule has 2 heterocycles. The number of carboxylic acid groups (broad SMARTS) is 1. The van der Waals surface area contributed by atoms with Crippen molar-refractivity contribution in [2.45, 2.75) is 13.5 Å². The fourth-order valence-electron chi connectivity index (χ4n) is 3.66. The van der Waals surface area contributed by atoms with Crippen molar-refractivity contribution >= 4 is 22.6 Å². The van der Waals surface area contributed by atoms with Crippen LogP contribution in [-0.4, -0.2) is 20.6 Å². The van der Waals surface area contributed by atoms with Crippen LogP contribution in [0.1, 0.15) is 21.6 Å². The molecule has 7 nitrogen and oxygen atoms in total. The SMILES string of the molecule is Cc1ccc2c(c1)c(-c1ccc[nH]c1=O)c(C(=O)O)n2Cc1cccc(N[O-])c1. The number of nitrogens with zero attached hydrogens (tertiary/aromatic N) is 1. The zero-order chi connectivity index (χ0) is 20.5. The summed E-state index contributed by atoms with van der Waals surface area (Å²) in [6, 6.07) is 15.8. The highest BCUT2D eigenvalue weighted by molar-refractivity contribution is 6.08. The maximum absolute atomic E-state index is 12.5. The Balaban J connectivity index is 2.04. The van der Waals surface area contributed by atoms with E-state index in [1.807, 2.05) is 36.7 Å². The maximum Gasteiger partial charge on any atom is 0.353 e. The van der Waals surface area contributed by atoms with Crippen molar-refractivity contribution in [1.82, 2.24) is 9.55 Å². The highest BCUT2D eigenvalue weighted by Crippen LogP contribution is 2.35. The van der Waals surface area contributed by atoms with Gasteiger partial charge in [-0.05, 0) is 48.9 Å². The van der Waals surface area contributed by atoms with E-state index in [9.17, 15) is 19.9 Å². The van der Waals surface area contributed by atoms with Crippen molar-refractivity contribution in [1.29, 1.82) is 0 Å². The Hall–Kier alpha value is -3.84. The Morgan fingerprint density at radius 2 is 2.00 bits per heavy atom. The molecule has 0 amide bonds. The van der Waals surface area contributed by atoms with E-state index in [1.54, 1.807) is 34.9 Å². The van der Waals surface area contributed by atoms with Gasteiger partial charge in [-0.2, -0.15) is 0 Å². The average molecular weight is 388 g/mol. The highest BCUT2D eigenvalue weighted by Gasteiger charge is 2.25. The molecule has 4 aromatic rings. The first-order chi connectivity index (χ1) is 14.0. The smallest absolute Gasteiger partial charge is 0.353 e. The molecule has 0 aliphatic carbocycles. The minimum absolute atomic E-state index is 0.0304. The molecule has 0 aliphatic heterocycles. The van der Waals surface area contributed by atoms with E-state index in [0.717, 1.165) is 11.1 Å². The largest absolute Gasteiger partial charge is 0.761 e. The quantitative estimate of drug-likeness (QED) is 0.448. The minimum Gasteiger partial charge on any atom is -0.761 e. The van der Waals surface area contributed by atoms with Gasteiger partial charge in [0.1, 0.15) is 5.69 Å². The van der Waals surface area contributed by atoms with Gasteiger partial charge < -0.3 is 25.3 Å². The van der Waals surface area contributed by atoms with Crippen molar-refractivity contribution in [2.24, 2.45) is 0 Å². The molecule has 2 aromatic heterocycles. The number of carbonyl (C=O) groups is 1. The van der Waals surface area contributed by atoms with Crippen LogP contribution >= 0.6 is 0 Å². The lowest BCUT2D eigenvalue weighted by Gasteiger charge is -2.13. The van der Waals surface area contributed by atoms with E-state index in [-0.39, 0.29) is 17.8 Å². The number of pyridine rings is 1. The van der Waals surface area contributed by atoms with Gasteiger partial charge in [-0.25, -0.2) is 4.79 Å². The molecule has 0 bridgehead atoms. The lowest BCUT2D eigenvalue weighted by atomic mass is 10.0. The predicted octanol–water partition coefficient (Wildman–Crippen LogP) is 3.96. The van der Waals surface area contributed by atoms with Crippen LogP contribution < -0.4 is 11.0 Å². The number of nitrogens with one attached hydrogen (secondary N) is 2. The second-order valence-electron chi connectivity index (χ2n) is 6.85. The zero-order valence-corrected chi connectivity index (χ0v) is 15.6. The van der Waals surface area contributed by atoms with E-state index in [2.05, 4.69) is 4.98 Å². The topological polar surface area (TPSA) is 110 Å². The third-order valence-corrected chi connectivity index (χ3v) is 4.89. The number of carboxylic acids is 1. The normalized spacial score (nSPS) is 11.0. The number of hydrogen-bond acceptors (Lipinski definition) is 4. The van der Waals surface area contributed by atoms with Crippen LogP contribution in [0.25, 0.3) is 22.0 Å². The number of H-pyrrole nitrogens is 1. The molecule has 0 fully saturated rings. The van der Waals surface area contributed by atoms with Crippen molar-refractivity contribution in [3.05, 3.63) is 93.2 Å². The Labute approximate surface area is 165 Å². The van der Waals surface area contributed by atoms with Gasteiger partial charge in [0.05, 0.1) is 0 Å². The molecule has 0 saturated carbocycles. The number of fused-ring (bicyclic) bond motifs is 1. The van der Waals surface area contributed by atoms with Crippen LogP contribution in [0.4, 0.5) is 5.69 Å². The van der Waals surface area contributed by atoms with Crippen LogP contribution in [0.5, 0.6) is 0 Å². The fraction of sp³-hybridized carbons (Fsp3) is 0.0909. The molecule has 2 aromatic carbocycles. The fourth-order valence-corrected chi connectivity index (χ4v) is 3.66. The van der Waals surface area contributed by atoms with Gasteiger partial charge in [0, 0.05) is 40.5 Å². The molecule has 29 heavy (non-hydrogen) atoms. The number of benzene rings is 2. The van der Waals surface area contributed by atoms with Crippen LogP contribution in [0.2, 0.25) is 0 Å². The van der Waals surface area contributed by atoms with E-state index in [4.69, 9.17) is 0 Å². The van der Waals surface area contributed by atoms with Crippen LogP contribution in [-0.2, 0) is 6.54 Å². The molecular formula is C22H18N3O4-. The summed E-state index contributed by atoms with van der Waals surface area (Å²) in [5, 5.41) is 21.7. The van der Waals surface area contributed by atoms with Gasteiger partial charge in [-0.1, -0.05) is 23.8 Å². The molecule has 4 rings (SSSR count). The predicted molar refractivity (Wildman–Crippen MR) is 112 cm³/mol. The molecule has 146 valence electrons. The molecule has 0 unspecified atom stereocenters. The van der Waals surface area contributed by atoms with Crippen LogP contribution in [0.3, 0.4) is 0 Å². The minimum atomic E-state index is -1.13. The zero-order valence-electron chi connectivity index (χ0n) is 15.6. The molecule has 0 saturated heterocycles. The summed E-state index contributed by atoms with van der Waals surface area (Å²) < 4.78 is 1.67. The van der Waals surface area contributed by atoms with Gasteiger partial charge >= 0.3 is 5.97 Å². The van der Waals surface area contributed by atoms with Gasteiger partial charge in [0.25, 0.3) is 5.56 Å². The summed E-state index contributed by atoms with van der Waals surface area (Å²) in [7, 11) is 0. The number of aromatic amines is 1. The van der Waals surface area contributed by atoms with E-state index in [0.29, 0.717) is 27.7 Å². The Kier molecular flexibility index (Phi) is 4.66. The average Bonchev–Trinajstić information content (AvgIpc) is 3.02. The highest BCUT2D eigenvalue weighted by atomic mass is 16.5. The Bertz CT molecular complexity index is 1290. The van der Waals surface area contributed by atoms with Crippen LogP contribution in [0.15, 0.2) is 65.6 Å². The maximum atomic E-state index is 12.5. The number of hydrogen-bond donors (Lipinski definition) is 3. The third-order valence-electron chi connectivity index (χ3n) is 4.89. The summed E-state index contributed by atoms with van der Waals surface area (Å²) in [4.78, 5) is 27.4. The van der Waals surface area contributed by atoms with E-state index in [1.165, 1.54) is 6.20 Å². The number of aromatic nitrogens is 2. The molecule has 7 heteroatoms. The first-order valence-electron chi connectivity index (χ1n) is 9.01. The number of aryl methyl sites for hydroxylation is 1. The van der Waals surface area contributed by atoms with Gasteiger partial charge in [-0.15, -0.1) is 0 Å². The standard InChI is InChI=1S/C22H18N3O4/c1-13-7-8-18-17(10-13)19(16-6-3-9-23-21(16)26)20(22(27)28)25(18)12-14-4-2-5-15(11-14)24-29/h2-11,24H,12H2,1H3,(H,23,26)(H,27,28)/q-1. The van der Waals surface area contributed by atoms with Crippen molar-refractivity contribution < 1.29 is 9.90 Å². The Morgan fingerprint density at radius 3 is 2.72 bits per heavy atom. The van der Waals surface area contributed by atoms with Crippen molar-refractivity contribution in [3.63, 3.8) is 0 Å². The molecule has 0 aliphatic rings. The van der Waals surface area contributed by atoms with E-state index >= 15 is 0 Å². The summed E-state index contributed by atoms with van der Waals surface area (Å²) in [5.41, 5.74) is 5.03. The van der Waals surface area contributed by atoms with Crippen molar-refractivity contribution in [2.75, 3.05) is 5.48 Å². The summed E-state index contributed by atoms with van der Waals surface area (Å²) in [6.45, 7) is 2.15. The molecular weight excluding hydrogens is 370 g/mol. The second-order valence-corrected chi connectivity index (χ2v) is 6.85. The summed E-state index contributed by atoms with van der Waals surface area (Å²) >= 11 is 0. The van der Waals surface area contributed by atoms with Crippen molar-refractivity contribution in [3.8, 4) is 11.1 Å². The first kappa shape index (κ1) is 18.5. The molecule has 0 radical (unpaired) electrons. The molecule has 0 spiro atoms. The third kappa shape index (κ3) is 3.28. The lowest BCUT2D eigenvalue weighted by Crippen LogP contribution is -2.13. The first-order valence-corrected chi connectivity index (χ1v) is 9.01. The molecule has 3 N–H and O–H groups in total. The monoisotopic (exact) mass is 388 g/mol. The number of aromatic carboxylic acids is 1. The Morgan fingerprint density at radius 1 is 1.17 bits per heavy atom. The second kappa shape index (κ2) is 7.29. The van der Waals surface area contributed by atoms with E-state index < -0.39 is 5.97 Å². The lowest BCUT2D eigenvalue weighted by molar-refractivity contribution is 0.0687. The van der Waals surface area contributed by atoms with Gasteiger partial charge in [0.2, 0.25) is 0 Å². The summed E-state index contributed by atoms with van der Waals surface area (Å²) in [5.74, 6) is -1.13. The molecule has 0 atom stereocenters. The number of rotatable bonds is 5. The number of anilines is 1.